The van der Waals surface area contributed by atoms with E-state index in [1.165, 1.54) is 44.1 Å². The normalized spacial score (nSPS) is 31.1. The maximum Gasteiger partial charge on any atom is 0.209 e. The van der Waals surface area contributed by atoms with Crippen LogP contribution in [0, 0.1) is 23.2 Å². The van der Waals surface area contributed by atoms with Crippen molar-refractivity contribution in [2.75, 3.05) is 18.4 Å². The predicted octanol–water partition coefficient (Wildman–Crippen LogP) is 4.72. The van der Waals surface area contributed by atoms with E-state index < -0.39 is 6.23 Å². The number of rotatable bonds is 7. The topological polar surface area (TPSA) is 67.3 Å². The van der Waals surface area contributed by atoms with Crippen LogP contribution in [0.15, 0.2) is 30.6 Å². The third kappa shape index (κ3) is 4.24. The number of nitrogens with one attached hydrogen (secondary N) is 1. The van der Waals surface area contributed by atoms with E-state index in [0.717, 1.165) is 55.1 Å². The number of fused-ring (bicyclic) bond motifs is 1. The molecule has 4 aliphatic carbocycles. The number of ether oxygens (including phenoxy) is 1. The number of carbonyl (C=O) groups is 1. The van der Waals surface area contributed by atoms with Crippen LogP contribution in [0.25, 0.3) is 0 Å². The Hall–Kier alpha value is -2.18. The summed E-state index contributed by atoms with van der Waals surface area (Å²) in [6, 6.07) is 7.15. The molecule has 33 heavy (non-hydrogen) atoms. The largest absolute Gasteiger partial charge is 0.468 e. The summed E-state index contributed by atoms with van der Waals surface area (Å²) in [6.07, 6.45) is 11.2. The second kappa shape index (κ2) is 8.55. The first kappa shape index (κ1) is 21.4. The van der Waals surface area contributed by atoms with Crippen molar-refractivity contribution < 1.29 is 9.53 Å². The summed E-state index contributed by atoms with van der Waals surface area (Å²) in [7, 11) is 0. The summed E-state index contributed by atoms with van der Waals surface area (Å²) < 4.78 is 5.93. The van der Waals surface area contributed by atoms with E-state index in [0.29, 0.717) is 22.7 Å². The number of hydrogen-bond acceptors (Lipinski definition) is 6. The first-order valence-electron chi connectivity index (χ1n) is 12.3. The lowest BCUT2D eigenvalue weighted by Crippen LogP contribution is -2.49. The van der Waals surface area contributed by atoms with Gasteiger partial charge in [-0.3, -0.25) is 9.69 Å². The van der Waals surface area contributed by atoms with Crippen LogP contribution < -0.4 is 10.1 Å². The molecule has 0 spiro atoms. The van der Waals surface area contributed by atoms with Gasteiger partial charge in [0.15, 0.2) is 6.29 Å². The molecular weight excluding hydrogens is 436 g/mol. The van der Waals surface area contributed by atoms with Crippen molar-refractivity contribution in [1.82, 2.24) is 14.9 Å². The van der Waals surface area contributed by atoms with Gasteiger partial charge in [-0.05, 0) is 86.3 Å². The van der Waals surface area contributed by atoms with E-state index in [1.54, 1.807) is 18.5 Å². The Morgan fingerprint density at radius 3 is 2.64 bits per heavy atom. The average molecular weight is 467 g/mol. The van der Waals surface area contributed by atoms with Crippen molar-refractivity contribution >= 4 is 23.7 Å². The Balaban J connectivity index is 1.14. The van der Waals surface area contributed by atoms with Crippen molar-refractivity contribution in [3.05, 3.63) is 46.9 Å². The SMILES string of the molecule is O=CC(Oc1cccc(Cl)c1)N1CCc2c(ncnc2NCC23CC4CC(CC(C4)C2)C3)C1. The molecule has 0 amide bonds. The first-order valence-corrected chi connectivity index (χ1v) is 12.7. The van der Waals surface area contributed by atoms with Crippen LogP contribution in [0.2, 0.25) is 5.02 Å². The van der Waals surface area contributed by atoms with E-state index in [9.17, 15) is 4.79 Å². The fourth-order valence-electron chi connectivity index (χ4n) is 7.39. The van der Waals surface area contributed by atoms with Crippen LogP contribution in [0.4, 0.5) is 5.82 Å². The lowest BCUT2D eigenvalue weighted by atomic mass is 9.49. The average Bonchev–Trinajstić information content (AvgIpc) is 2.80. The molecule has 7 rings (SSSR count). The van der Waals surface area contributed by atoms with Gasteiger partial charge in [-0.1, -0.05) is 17.7 Å². The summed E-state index contributed by atoms with van der Waals surface area (Å²) in [4.78, 5) is 23.0. The molecule has 6 nitrogen and oxygen atoms in total. The van der Waals surface area contributed by atoms with E-state index in [4.69, 9.17) is 16.3 Å². The molecular formula is C26H31ClN4O2. The monoisotopic (exact) mass is 466 g/mol. The summed E-state index contributed by atoms with van der Waals surface area (Å²) in [5.74, 6) is 4.42. The molecule has 2 heterocycles. The van der Waals surface area contributed by atoms with Crippen molar-refractivity contribution in [1.29, 1.82) is 0 Å². The maximum absolute atomic E-state index is 11.8. The molecule has 1 N–H and O–H groups in total. The third-order valence-electron chi connectivity index (χ3n) is 8.36. The summed E-state index contributed by atoms with van der Waals surface area (Å²) in [6.45, 7) is 2.31. The second-order valence-corrected chi connectivity index (χ2v) is 11.2. The van der Waals surface area contributed by atoms with Crippen LogP contribution in [-0.4, -0.2) is 40.5 Å². The lowest BCUT2D eigenvalue weighted by Gasteiger charge is -2.57. The van der Waals surface area contributed by atoms with Gasteiger partial charge >= 0.3 is 0 Å². The number of carbonyl (C=O) groups excluding carboxylic acids is 1. The minimum Gasteiger partial charge on any atom is -0.468 e. The molecule has 1 aliphatic heterocycles. The molecule has 4 fully saturated rings. The van der Waals surface area contributed by atoms with E-state index in [2.05, 4.69) is 15.3 Å². The smallest absolute Gasteiger partial charge is 0.209 e. The zero-order chi connectivity index (χ0) is 22.4. The van der Waals surface area contributed by atoms with Gasteiger partial charge in [0.2, 0.25) is 6.23 Å². The standard InChI is InChI=1S/C26H31ClN4O2/c27-20-2-1-3-21(9-20)33-24(14-32)31-5-4-22-23(13-31)29-16-30-25(22)28-15-26-10-17-6-18(11-26)8-19(7-17)12-26/h1-3,9,14,16-19,24H,4-8,10-13,15H2,(H,28,29,30). The molecule has 1 aromatic carbocycles. The van der Waals surface area contributed by atoms with E-state index >= 15 is 0 Å². The van der Waals surface area contributed by atoms with Crippen LogP contribution in [0.5, 0.6) is 5.75 Å². The number of aromatic nitrogens is 2. The number of aldehydes is 1. The Kier molecular flexibility index (Phi) is 5.53. The molecule has 5 aliphatic rings. The molecule has 1 atom stereocenters. The highest BCUT2D eigenvalue weighted by atomic mass is 35.5. The van der Waals surface area contributed by atoms with E-state index in [-0.39, 0.29) is 0 Å². The van der Waals surface area contributed by atoms with Crippen molar-refractivity contribution in [2.24, 2.45) is 23.2 Å². The number of halogens is 1. The molecule has 0 saturated heterocycles. The Morgan fingerprint density at radius 1 is 1.18 bits per heavy atom. The first-order chi connectivity index (χ1) is 16.1. The van der Waals surface area contributed by atoms with Gasteiger partial charge in [-0.15, -0.1) is 0 Å². The predicted molar refractivity (Wildman–Crippen MR) is 127 cm³/mol. The third-order valence-corrected chi connectivity index (χ3v) is 8.60. The Bertz CT molecular complexity index is 1010. The quantitative estimate of drug-likeness (QED) is 0.595. The van der Waals surface area contributed by atoms with Crippen LogP contribution in [-0.2, 0) is 17.8 Å². The van der Waals surface area contributed by atoms with Gasteiger partial charge < -0.3 is 10.1 Å². The molecule has 0 radical (unpaired) electrons. The highest BCUT2D eigenvalue weighted by molar-refractivity contribution is 6.30. The van der Waals surface area contributed by atoms with Gasteiger partial charge in [0.05, 0.1) is 5.69 Å². The number of benzene rings is 1. The zero-order valence-corrected chi connectivity index (χ0v) is 19.6. The molecule has 1 unspecified atom stereocenters. The van der Waals surface area contributed by atoms with Crippen LogP contribution >= 0.6 is 11.6 Å². The second-order valence-electron chi connectivity index (χ2n) is 10.7. The Labute approximate surface area is 200 Å². The van der Waals surface area contributed by atoms with Crippen LogP contribution in [0.1, 0.15) is 49.8 Å². The molecule has 7 heteroatoms. The van der Waals surface area contributed by atoms with Gasteiger partial charge in [0, 0.05) is 30.2 Å². The van der Waals surface area contributed by atoms with Crippen LogP contribution in [0.3, 0.4) is 0 Å². The van der Waals surface area contributed by atoms with Gasteiger partial charge in [0.25, 0.3) is 0 Å². The summed E-state index contributed by atoms with van der Waals surface area (Å²) in [5.41, 5.74) is 2.62. The van der Waals surface area contributed by atoms with Crippen molar-refractivity contribution in [2.45, 2.75) is 57.7 Å². The maximum atomic E-state index is 11.8. The molecule has 4 saturated carbocycles. The zero-order valence-electron chi connectivity index (χ0n) is 18.9. The van der Waals surface area contributed by atoms with Crippen molar-refractivity contribution in [3.8, 4) is 5.75 Å². The van der Waals surface area contributed by atoms with Gasteiger partial charge in [-0.2, -0.15) is 0 Å². The minimum atomic E-state index is -0.671. The number of nitrogens with zero attached hydrogens (tertiary/aromatic N) is 3. The van der Waals surface area contributed by atoms with Gasteiger partial charge in [-0.25, -0.2) is 9.97 Å². The van der Waals surface area contributed by atoms with Gasteiger partial charge in [0.1, 0.15) is 17.9 Å². The molecule has 2 aromatic rings. The fraction of sp³-hybridized carbons (Fsp3) is 0.577. The fourth-order valence-corrected chi connectivity index (χ4v) is 7.57. The molecule has 4 bridgehead atoms. The van der Waals surface area contributed by atoms with Crippen molar-refractivity contribution in [3.63, 3.8) is 0 Å². The Morgan fingerprint density at radius 2 is 1.94 bits per heavy atom. The minimum absolute atomic E-state index is 0.459. The molecule has 1 aromatic heterocycles. The lowest BCUT2D eigenvalue weighted by molar-refractivity contribution is -0.122. The highest BCUT2D eigenvalue weighted by Gasteiger charge is 2.50. The summed E-state index contributed by atoms with van der Waals surface area (Å²) in [5, 5.41) is 4.34. The number of anilines is 1. The molecule has 174 valence electrons. The van der Waals surface area contributed by atoms with E-state index in [1.807, 2.05) is 17.0 Å². The highest BCUT2D eigenvalue weighted by Crippen LogP contribution is 2.59. The summed E-state index contributed by atoms with van der Waals surface area (Å²) >= 11 is 6.06. The number of hydrogen-bond donors (Lipinski definition) is 1.